The summed E-state index contributed by atoms with van der Waals surface area (Å²) in [6.45, 7) is 0. The molecule has 6 aromatic rings. The molecule has 2 heteroatoms. The molecule has 0 aliphatic heterocycles. The van der Waals surface area contributed by atoms with Crippen LogP contribution in [0.15, 0.2) is 134 Å². The Labute approximate surface area is 227 Å². The van der Waals surface area contributed by atoms with Crippen LogP contribution in [0.4, 0.5) is 0 Å². The number of benzene rings is 5. The van der Waals surface area contributed by atoms with E-state index in [2.05, 4.69) is 126 Å². The molecule has 8 rings (SSSR count). The van der Waals surface area contributed by atoms with E-state index in [1.165, 1.54) is 50.1 Å². The molecule has 0 amide bonds. The number of nitriles is 1. The summed E-state index contributed by atoms with van der Waals surface area (Å²) in [7, 11) is 0. The molecule has 0 atom stereocenters. The number of rotatable bonds is 2. The van der Waals surface area contributed by atoms with Crippen molar-refractivity contribution in [3.05, 3.63) is 162 Å². The molecule has 0 unspecified atom stereocenters. The second kappa shape index (κ2) is 8.12. The van der Waals surface area contributed by atoms with Gasteiger partial charge in [0.1, 0.15) is 11.8 Å². The van der Waals surface area contributed by atoms with Crippen molar-refractivity contribution < 1.29 is 0 Å². The van der Waals surface area contributed by atoms with Gasteiger partial charge in [-0.3, -0.25) is 0 Å². The van der Waals surface area contributed by atoms with Gasteiger partial charge in [-0.25, -0.2) is 4.98 Å². The SMILES string of the molecule is N#Cc1cc(-c2cccc(-c3ccc4c(c3)C3(c5ccccc5-c5ccccc53)c3ccccc3-4)c2)ccn1. The van der Waals surface area contributed by atoms with Crippen molar-refractivity contribution in [2.24, 2.45) is 0 Å². The first-order chi connectivity index (χ1) is 19.3. The van der Waals surface area contributed by atoms with Gasteiger partial charge in [0.2, 0.25) is 0 Å². The van der Waals surface area contributed by atoms with Crippen LogP contribution in [-0.2, 0) is 5.41 Å². The lowest BCUT2D eigenvalue weighted by molar-refractivity contribution is 0.794. The molecule has 180 valence electrons. The van der Waals surface area contributed by atoms with Gasteiger partial charge in [0, 0.05) is 6.20 Å². The summed E-state index contributed by atoms with van der Waals surface area (Å²) in [6.07, 6.45) is 1.70. The van der Waals surface area contributed by atoms with Crippen molar-refractivity contribution in [2.45, 2.75) is 5.41 Å². The van der Waals surface area contributed by atoms with Crippen molar-refractivity contribution in [2.75, 3.05) is 0 Å². The quantitative estimate of drug-likeness (QED) is 0.241. The van der Waals surface area contributed by atoms with Crippen LogP contribution < -0.4 is 0 Å². The molecule has 2 aliphatic carbocycles. The van der Waals surface area contributed by atoms with Crippen molar-refractivity contribution in [1.82, 2.24) is 4.98 Å². The summed E-state index contributed by atoms with van der Waals surface area (Å²) in [6, 6.07) is 48.2. The molecule has 1 spiro atoms. The first kappa shape index (κ1) is 21.8. The molecule has 0 saturated heterocycles. The second-order valence-corrected chi connectivity index (χ2v) is 10.3. The van der Waals surface area contributed by atoms with E-state index in [-0.39, 0.29) is 5.41 Å². The molecule has 5 aromatic carbocycles. The van der Waals surface area contributed by atoms with Gasteiger partial charge >= 0.3 is 0 Å². The summed E-state index contributed by atoms with van der Waals surface area (Å²) in [5, 5.41) is 9.33. The standard InChI is InChI=1S/C37H22N2/c38-23-28-21-27(18-19-39-28)25-9-7-8-24(20-25)26-16-17-32-31-12-3-6-15-35(31)37(36(32)22-26)33-13-4-1-10-29(33)30-11-2-5-14-34(30)37/h1-22H. The smallest absolute Gasteiger partial charge is 0.141 e. The zero-order chi connectivity index (χ0) is 26.0. The van der Waals surface area contributed by atoms with Crippen molar-refractivity contribution in [1.29, 1.82) is 5.26 Å². The van der Waals surface area contributed by atoms with Crippen molar-refractivity contribution in [3.8, 4) is 50.6 Å². The minimum atomic E-state index is -0.348. The molecule has 39 heavy (non-hydrogen) atoms. The molecule has 1 heterocycles. The molecule has 0 radical (unpaired) electrons. The molecule has 2 nitrogen and oxygen atoms in total. The molecular formula is C37H22N2. The van der Waals surface area contributed by atoms with E-state index in [4.69, 9.17) is 0 Å². The average Bonchev–Trinajstić information content (AvgIpc) is 3.48. The van der Waals surface area contributed by atoms with E-state index in [9.17, 15) is 5.26 Å². The summed E-state index contributed by atoms with van der Waals surface area (Å²) >= 11 is 0. The third kappa shape index (κ3) is 2.93. The van der Waals surface area contributed by atoms with Crippen LogP contribution in [0, 0.1) is 11.3 Å². The summed E-state index contributed by atoms with van der Waals surface area (Å²) in [5.74, 6) is 0. The minimum absolute atomic E-state index is 0.348. The van der Waals surface area contributed by atoms with Crippen LogP contribution in [0.5, 0.6) is 0 Å². The lowest BCUT2D eigenvalue weighted by Gasteiger charge is -2.30. The predicted molar refractivity (Wildman–Crippen MR) is 156 cm³/mol. The van der Waals surface area contributed by atoms with E-state index in [0.29, 0.717) is 5.69 Å². The third-order valence-corrected chi connectivity index (χ3v) is 8.40. The van der Waals surface area contributed by atoms with Crippen LogP contribution in [0.1, 0.15) is 27.9 Å². The largest absolute Gasteiger partial charge is 0.246 e. The Balaban J connectivity index is 1.38. The van der Waals surface area contributed by atoms with Gasteiger partial charge in [0.05, 0.1) is 5.41 Å². The molecule has 1 aromatic heterocycles. The number of fused-ring (bicyclic) bond motifs is 10. The average molecular weight is 495 g/mol. The van der Waals surface area contributed by atoms with Crippen molar-refractivity contribution in [3.63, 3.8) is 0 Å². The van der Waals surface area contributed by atoms with Gasteiger partial charge in [-0.1, -0.05) is 103 Å². The van der Waals surface area contributed by atoms with Gasteiger partial charge in [0.15, 0.2) is 0 Å². The summed E-state index contributed by atoms with van der Waals surface area (Å²) < 4.78 is 0. The lowest BCUT2D eigenvalue weighted by Crippen LogP contribution is -2.25. The molecular weight excluding hydrogens is 472 g/mol. The van der Waals surface area contributed by atoms with Crippen LogP contribution in [0.25, 0.3) is 44.5 Å². The highest BCUT2D eigenvalue weighted by Gasteiger charge is 2.51. The number of hydrogen-bond acceptors (Lipinski definition) is 2. The van der Waals surface area contributed by atoms with E-state index < -0.39 is 0 Å². The Kier molecular flexibility index (Phi) is 4.54. The topological polar surface area (TPSA) is 36.7 Å². The zero-order valence-corrected chi connectivity index (χ0v) is 21.1. The Hall–Kier alpha value is -5.26. The van der Waals surface area contributed by atoms with Gasteiger partial charge in [-0.15, -0.1) is 0 Å². The van der Waals surface area contributed by atoms with Crippen LogP contribution in [0.3, 0.4) is 0 Å². The molecule has 0 bridgehead atoms. The Morgan fingerprint density at radius 2 is 0.974 bits per heavy atom. The Morgan fingerprint density at radius 1 is 0.462 bits per heavy atom. The maximum atomic E-state index is 9.33. The Bertz CT molecular complexity index is 1930. The predicted octanol–water partition coefficient (Wildman–Crippen LogP) is 8.63. The van der Waals surface area contributed by atoms with E-state index in [1.54, 1.807) is 6.20 Å². The number of aromatic nitrogens is 1. The molecule has 0 saturated carbocycles. The van der Waals surface area contributed by atoms with Crippen LogP contribution in [-0.4, -0.2) is 4.98 Å². The van der Waals surface area contributed by atoms with E-state index in [0.717, 1.165) is 16.7 Å². The monoisotopic (exact) mass is 494 g/mol. The van der Waals surface area contributed by atoms with Gasteiger partial charge in [0.25, 0.3) is 0 Å². The maximum absolute atomic E-state index is 9.33. The molecule has 2 aliphatic rings. The fourth-order valence-corrected chi connectivity index (χ4v) is 6.82. The van der Waals surface area contributed by atoms with Crippen LogP contribution in [0.2, 0.25) is 0 Å². The highest BCUT2D eigenvalue weighted by atomic mass is 14.7. The number of pyridine rings is 1. The van der Waals surface area contributed by atoms with E-state index >= 15 is 0 Å². The number of hydrogen-bond donors (Lipinski definition) is 0. The fraction of sp³-hybridized carbons (Fsp3) is 0.0270. The van der Waals surface area contributed by atoms with Crippen LogP contribution >= 0.6 is 0 Å². The van der Waals surface area contributed by atoms with Gasteiger partial charge in [-0.05, 0) is 91.0 Å². The fourth-order valence-electron chi connectivity index (χ4n) is 6.82. The normalized spacial score (nSPS) is 13.3. The molecule has 0 N–H and O–H groups in total. The highest BCUT2D eigenvalue weighted by Crippen LogP contribution is 2.62. The first-order valence-electron chi connectivity index (χ1n) is 13.2. The Morgan fingerprint density at radius 3 is 1.56 bits per heavy atom. The van der Waals surface area contributed by atoms with Crippen molar-refractivity contribution >= 4 is 0 Å². The maximum Gasteiger partial charge on any atom is 0.141 e. The second-order valence-electron chi connectivity index (χ2n) is 10.3. The highest BCUT2D eigenvalue weighted by molar-refractivity contribution is 5.96. The summed E-state index contributed by atoms with van der Waals surface area (Å²) in [5.41, 5.74) is 15.1. The molecule has 0 fully saturated rings. The zero-order valence-electron chi connectivity index (χ0n) is 21.1. The van der Waals surface area contributed by atoms with E-state index in [1.807, 2.05) is 12.1 Å². The summed E-state index contributed by atoms with van der Waals surface area (Å²) in [4.78, 5) is 4.14. The first-order valence-corrected chi connectivity index (χ1v) is 13.2. The van der Waals surface area contributed by atoms with Gasteiger partial charge < -0.3 is 0 Å². The lowest BCUT2D eigenvalue weighted by atomic mass is 9.70. The van der Waals surface area contributed by atoms with Gasteiger partial charge in [-0.2, -0.15) is 5.26 Å². The third-order valence-electron chi connectivity index (χ3n) is 8.40. The minimum Gasteiger partial charge on any atom is -0.246 e. The number of nitrogens with zero attached hydrogens (tertiary/aromatic N) is 2.